The Morgan fingerprint density at radius 3 is 3.06 bits per heavy atom. The predicted molar refractivity (Wildman–Crippen MR) is 74.9 cm³/mol. The number of hydrogen-bond acceptors (Lipinski definition) is 3. The van der Waals surface area contributed by atoms with Crippen LogP contribution in [0.4, 0.5) is 5.82 Å². The second-order valence-electron chi connectivity index (χ2n) is 4.85. The van der Waals surface area contributed by atoms with Gasteiger partial charge in [0.05, 0.1) is 11.4 Å². The Balaban J connectivity index is 2.13. The van der Waals surface area contributed by atoms with Gasteiger partial charge in [0.15, 0.2) is 0 Å². The Bertz CT molecular complexity index is 379. The van der Waals surface area contributed by atoms with Gasteiger partial charge in [0, 0.05) is 24.6 Å². The number of alkyl halides is 1. The van der Waals surface area contributed by atoms with Crippen LogP contribution in [0.25, 0.3) is 0 Å². The number of aryl methyl sites for hydroxylation is 2. The zero-order chi connectivity index (χ0) is 12.3. The fourth-order valence-corrected chi connectivity index (χ4v) is 3.12. The van der Waals surface area contributed by atoms with E-state index < -0.39 is 0 Å². The average molecular weight is 298 g/mol. The third-order valence-corrected chi connectivity index (χ3v) is 3.84. The van der Waals surface area contributed by atoms with Crippen LogP contribution in [-0.2, 0) is 0 Å². The first-order valence-electron chi connectivity index (χ1n) is 6.32. The number of piperidine rings is 1. The van der Waals surface area contributed by atoms with Crippen LogP contribution < -0.4 is 4.90 Å². The van der Waals surface area contributed by atoms with Gasteiger partial charge in [-0.25, -0.2) is 4.98 Å². The van der Waals surface area contributed by atoms with Gasteiger partial charge in [0.25, 0.3) is 0 Å². The second kappa shape index (κ2) is 5.80. The first-order valence-corrected chi connectivity index (χ1v) is 7.44. The summed E-state index contributed by atoms with van der Waals surface area (Å²) in [6, 6.07) is 0. The molecule has 4 heteroatoms. The fourth-order valence-electron chi connectivity index (χ4n) is 2.47. The molecule has 1 saturated heterocycles. The number of anilines is 1. The van der Waals surface area contributed by atoms with Crippen molar-refractivity contribution < 1.29 is 0 Å². The van der Waals surface area contributed by atoms with Crippen molar-refractivity contribution in [2.75, 3.05) is 23.3 Å². The molecule has 17 heavy (non-hydrogen) atoms. The molecule has 0 N–H and O–H groups in total. The second-order valence-corrected chi connectivity index (χ2v) is 5.65. The van der Waals surface area contributed by atoms with Crippen LogP contribution in [-0.4, -0.2) is 28.4 Å². The lowest BCUT2D eigenvalue weighted by atomic mass is 9.95. The van der Waals surface area contributed by atoms with E-state index in [9.17, 15) is 0 Å². The fraction of sp³-hybridized carbons (Fsp3) is 0.692. The highest BCUT2D eigenvalue weighted by atomic mass is 79.9. The summed E-state index contributed by atoms with van der Waals surface area (Å²) in [7, 11) is 0. The molecule has 1 aromatic rings. The average Bonchev–Trinajstić information content (AvgIpc) is 2.33. The zero-order valence-corrected chi connectivity index (χ0v) is 12.2. The molecule has 1 aliphatic rings. The summed E-state index contributed by atoms with van der Waals surface area (Å²) >= 11 is 3.54. The molecule has 1 aromatic heterocycles. The van der Waals surface area contributed by atoms with Crippen molar-refractivity contribution in [3.63, 3.8) is 0 Å². The molecule has 1 atom stereocenters. The Labute approximate surface area is 112 Å². The van der Waals surface area contributed by atoms with Gasteiger partial charge in [0.2, 0.25) is 0 Å². The molecule has 0 saturated carbocycles. The first kappa shape index (κ1) is 12.8. The van der Waals surface area contributed by atoms with Crippen LogP contribution in [0.15, 0.2) is 6.20 Å². The van der Waals surface area contributed by atoms with Gasteiger partial charge < -0.3 is 4.90 Å². The first-order chi connectivity index (χ1) is 8.20. The molecule has 1 fully saturated rings. The third-order valence-electron chi connectivity index (χ3n) is 3.39. The van der Waals surface area contributed by atoms with Gasteiger partial charge in [0.1, 0.15) is 5.82 Å². The molecule has 0 radical (unpaired) electrons. The molecule has 0 amide bonds. The minimum atomic E-state index is 0.796. The lowest BCUT2D eigenvalue weighted by Gasteiger charge is -2.34. The van der Waals surface area contributed by atoms with Crippen molar-refractivity contribution in [2.45, 2.75) is 33.1 Å². The summed E-state index contributed by atoms with van der Waals surface area (Å²) in [5, 5.41) is 1.10. The van der Waals surface area contributed by atoms with E-state index in [1.807, 2.05) is 13.1 Å². The van der Waals surface area contributed by atoms with Crippen LogP contribution >= 0.6 is 15.9 Å². The SMILES string of the molecule is Cc1cnc(C)c(N2CCCC(CCBr)C2)n1. The summed E-state index contributed by atoms with van der Waals surface area (Å²) in [4.78, 5) is 11.5. The van der Waals surface area contributed by atoms with Gasteiger partial charge in [-0.05, 0) is 39.0 Å². The Morgan fingerprint density at radius 1 is 1.47 bits per heavy atom. The third kappa shape index (κ3) is 3.18. The van der Waals surface area contributed by atoms with E-state index in [4.69, 9.17) is 0 Å². The number of rotatable bonds is 3. The summed E-state index contributed by atoms with van der Waals surface area (Å²) in [6.45, 7) is 6.31. The van der Waals surface area contributed by atoms with Crippen LogP contribution in [0.1, 0.15) is 30.7 Å². The Hall–Kier alpha value is -0.640. The summed E-state index contributed by atoms with van der Waals surface area (Å²) in [5.74, 6) is 1.88. The topological polar surface area (TPSA) is 29.0 Å². The molecule has 2 heterocycles. The summed E-state index contributed by atoms with van der Waals surface area (Å²) < 4.78 is 0. The monoisotopic (exact) mass is 297 g/mol. The van der Waals surface area contributed by atoms with Crippen LogP contribution in [0.3, 0.4) is 0 Å². The largest absolute Gasteiger partial charge is 0.355 e. The maximum absolute atomic E-state index is 4.64. The van der Waals surface area contributed by atoms with Gasteiger partial charge >= 0.3 is 0 Å². The highest BCUT2D eigenvalue weighted by Crippen LogP contribution is 2.25. The van der Waals surface area contributed by atoms with E-state index in [-0.39, 0.29) is 0 Å². The van der Waals surface area contributed by atoms with Crippen molar-refractivity contribution in [2.24, 2.45) is 5.92 Å². The highest BCUT2D eigenvalue weighted by Gasteiger charge is 2.21. The van der Waals surface area contributed by atoms with Gasteiger partial charge in [-0.1, -0.05) is 15.9 Å². The highest BCUT2D eigenvalue weighted by molar-refractivity contribution is 9.09. The van der Waals surface area contributed by atoms with Crippen LogP contribution in [0, 0.1) is 19.8 Å². The van der Waals surface area contributed by atoms with E-state index >= 15 is 0 Å². The molecule has 3 nitrogen and oxygen atoms in total. The van der Waals surface area contributed by atoms with E-state index in [1.54, 1.807) is 0 Å². The lowest BCUT2D eigenvalue weighted by molar-refractivity contribution is 0.405. The van der Waals surface area contributed by atoms with E-state index in [0.717, 1.165) is 41.5 Å². The van der Waals surface area contributed by atoms with Gasteiger partial charge in [-0.15, -0.1) is 0 Å². The van der Waals surface area contributed by atoms with Crippen molar-refractivity contribution in [1.82, 2.24) is 9.97 Å². The molecule has 2 rings (SSSR count). The van der Waals surface area contributed by atoms with Crippen LogP contribution in [0.2, 0.25) is 0 Å². The molecule has 0 spiro atoms. The molecule has 1 unspecified atom stereocenters. The standard InChI is InChI=1S/C13H20BrN3/c1-10-8-15-11(2)13(16-10)17-7-3-4-12(9-17)5-6-14/h8,12H,3-7,9H2,1-2H3. The summed E-state index contributed by atoms with van der Waals surface area (Å²) in [5.41, 5.74) is 2.06. The van der Waals surface area contributed by atoms with E-state index in [1.165, 1.54) is 19.3 Å². The maximum atomic E-state index is 4.64. The quantitative estimate of drug-likeness (QED) is 0.803. The van der Waals surface area contributed by atoms with Gasteiger partial charge in [-0.2, -0.15) is 0 Å². The number of hydrogen-bond donors (Lipinski definition) is 0. The van der Waals surface area contributed by atoms with Crippen molar-refractivity contribution in [3.8, 4) is 0 Å². The molecular weight excluding hydrogens is 278 g/mol. The van der Waals surface area contributed by atoms with Gasteiger partial charge in [-0.3, -0.25) is 4.98 Å². The zero-order valence-electron chi connectivity index (χ0n) is 10.6. The van der Waals surface area contributed by atoms with Crippen molar-refractivity contribution in [1.29, 1.82) is 0 Å². The molecule has 1 aliphatic heterocycles. The minimum Gasteiger partial charge on any atom is -0.355 e. The Kier molecular flexibility index (Phi) is 4.37. The number of halogens is 1. The Morgan fingerprint density at radius 2 is 2.29 bits per heavy atom. The maximum Gasteiger partial charge on any atom is 0.150 e. The molecule has 94 valence electrons. The number of nitrogens with zero attached hydrogens (tertiary/aromatic N) is 3. The molecule has 0 aromatic carbocycles. The summed E-state index contributed by atoms with van der Waals surface area (Å²) in [6.07, 6.45) is 5.72. The normalized spacial score (nSPS) is 20.6. The molecular formula is C13H20BrN3. The number of aromatic nitrogens is 2. The van der Waals surface area contributed by atoms with E-state index in [0.29, 0.717) is 0 Å². The predicted octanol–water partition coefficient (Wildman–Crippen LogP) is 3.09. The van der Waals surface area contributed by atoms with Crippen molar-refractivity contribution in [3.05, 3.63) is 17.6 Å². The molecule has 0 bridgehead atoms. The van der Waals surface area contributed by atoms with Crippen molar-refractivity contribution >= 4 is 21.7 Å². The minimum absolute atomic E-state index is 0.796. The molecule has 0 aliphatic carbocycles. The smallest absolute Gasteiger partial charge is 0.150 e. The van der Waals surface area contributed by atoms with E-state index in [2.05, 4.69) is 37.7 Å². The lowest BCUT2D eigenvalue weighted by Crippen LogP contribution is -2.36. The van der Waals surface area contributed by atoms with Crippen LogP contribution in [0.5, 0.6) is 0 Å².